The molecule has 0 saturated carbocycles. The topological polar surface area (TPSA) is 71.1 Å². The summed E-state index contributed by atoms with van der Waals surface area (Å²) in [6, 6.07) is 2.03. The molecule has 1 N–H and O–H groups in total. The smallest absolute Gasteiger partial charge is 0.227 e. The van der Waals surface area contributed by atoms with E-state index in [9.17, 15) is 4.79 Å². The fourth-order valence-electron chi connectivity index (χ4n) is 3.86. The quantitative estimate of drug-likeness (QED) is 0.917. The van der Waals surface area contributed by atoms with E-state index in [1.807, 2.05) is 23.3 Å². The second-order valence-corrected chi connectivity index (χ2v) is 7.55. The Morgan fingerprint density at radius 2 is 2.46 bits per heavy atom. The average Bonchev–Trinajstić information content (AvgIpc) is 3.30. The van der Waals surface area contributed by atoms with E-state index < -0.39 is 0 Å². The molecule has 0 spiro atoms. The van der Waals surface area contributed by atoms with Crippen molar-refractivity contribution in [3.05, 3.63) is 34.0 Å². The standard InChI is InChI=1S/C17H22N4O2S/c1-11-18-16(20-19-11)7-15-14-2-4-21(8-13(14)9-23-15)17(22)6-12-3-5-24-10-12/h3,5,10,13-15H,2,4,6-9H2,1H3,(H,18,19,20)/t13-,14-,15-/m0/s1. The molecule has 0 radical (unpaired) electrons. The van der Waals surface area contributed by atoms with Crippen LogP contribution >= 0.6 is 11.3 Å². The van der Waals surface area contributed by atoms with Gasteiger partial charge in [-0.25, -0.2) is 4.98 Å². The number of aromatic amines is 1. The molecule has 2 aromatic rings. The predicted molar refractivity (Wildman–Crippen MR) is 90.8 cm³/mol. The molecule has 4 heterocycles. The van der Waals surface area contributed by atoms with Crippen LogP contribution in [0.25, 0.3) is 0 Å². The second kappa shape index (κ2) is 6.64. The van der Waals surface area contributed by atoms with Crippen molar-refractivity contribution in [2.24, 2.45) is 11.8 Å². The zero-order chi connectivity index (χ0) is 16.5. The number of likely N-dealkylation sites (tertiary alicyclic amines) is 1. The van der Waals surface area contributed by atoms with Gasteiger partial charge in [-0.15, -0.1) is 0 Å². The number of amides is 1. The highest BCUT2D eigenvalue weighted by molar-refractivity contribution is 7.07. The van der Waals surface area contributed by atoms with Crippen LogP contribution in [0.3, 0.4) is 0 Å². The Labute approximate surface area is 145 Å². The van der Waals surface area contributed by atoms with E-state index in [1.165, 1.54) is 0 Å². The minimum Gasteiger partial charge on any atom is -0.377 e. The summed E-state index contributed by atoms with van der Waals surface area (Å²) in [6.45, 7) is 4.29. The summed E-state index contributed by atoms with van der Waals surface area (Å²) in [5.74, 6) is 2.85. The zero-order valence-corrected chi connectivity index (χ0v) is 14.6. The lowest BCUT2D eigenvalue weighted by molar-refractivity contribution is -0.132. The fraction of sp³-hybridized carbons (Fsp3) is 0.588. The Hall–Kier alpha value is -1.73. The highest BCUT2D eigenvalue weighted by Crippen LogP contribution is 2.35. The number of fused-ring (bicyclic) bond motifs is 1. The van der Waals surface area contributed by atoms with Crippen molar-refractivity contribution >= 4 is 17.2 Å². The molecule has 4 rings (SSSR count). The number of ether oxygens (including phenoxy) is 1. The van der Waals surface area contributed by atoms with E-state index in [0.29, 0.717) is 18.3 Å². The Morgan fingerprint density at radius 3 is 3.21 bits per heavy atom. The minimum atomic E-state index is 0.180. The molecule has 0 bridgehead atoms. The first-order chi connectivity index (χ1) is 11.7. The number of H-pyrrole nitrogens is 1. The summed E-state index contributed by atoms with van der Waals surface area (Å²) in [4.78, 5) is 18.9. The van der Waals surface area contributed by atoms with Crippen molar-refractivity contribution in [3.63, 3.8) is 0 Å². The average molecular weight is 346 g/mol. The summed E-state index contributed by atoms with van der Waals surface area (Å²) < 4.78 is 6.02. The molecule has 2 aliphatic heterocycles. The number of nitrogens with zero attached hydrogens (tertiary/aromatic N) is 3. The molecule has 3 atom stereocenters. The SMILES string of the molecule is Cc1nc(C[C@@H]2OC[C@@H]3CN(C(=O)Cc4ccsc4)CC[C@@H]32)n[nH]1. The molecule has 24 heavy (non-hydrogen) atoms. The third kappa shape index (κ3) is 3.23. The minimum absolute atomic E-state index is 0.180. The van der Waals surface area contributed by atoms with Crippen LogP contribution in [0.15, 0.2) is 16.8 Å². The molecule has 128 valence electrons. The van der Waals surface area contributed by atoms with Crippen molar-refractivity contribution in [2.45, 2.75) is 32.3 Å². The van der Waals surface area contributed by atoms with Crippen LogP contribution in [0, 0.1) is 18.8 Å². The van der Waals surface area contributed by atoms with Gasteiger partial charge in [0.25, 0.3) is 0 Å². The third-order valence-corrected chi connectivity index (χ3v) is 5.84. The normalized spacial score (nSPS) is 26.5. The first-order valence-corrected chi connectivity index (χ1v) is 9.41. The molecule has 7 heteroatoms. The van der Waals surface area contributed by atoms with Crippen LogP contribution in [0.5, 0.6) is 0 Å². The molecule has 0 aromatic carbocycles. The maximum absolute atomic E-state index is 12.5. The van der Waals surface area contributed by atoms with Crippen LogP contribution in [0.4, 0.5) is 0 Å². The molecule has 2 aliphatic rings. The Morgan fingerprint density at radius 1 is 1.54 bits per heavy atom. The van der Waals surface area contributed by atoms with Crippen molar-refractivity contribution in [2.75, 3.05) is 19.7 Å². The van der Waals surface area contributed by atoms with E-state index in [0.717, 1.165) is 49.8 Å². The van der Waals surface area contributed by atoms with Gasteiger partial charge in [-0.05, 0) is 41.7 Å². The van der Waals surface area contributed by atoms with Crippen molar-refractivity contribution in [1.82, 2.24) is 20.1 Å². The van der Waals surface area contributed by atoms with Gasteiger partial charge in [-0.3, -0.25) is 9.89 Å². The van der Waals surface area contributed by atoms with Crippen molar-refractivity contribution in [1.29, 1.82) is 0 Å². The molecule has 1 amide bonds. The Balaban J connectivity index is 1.34. The predicted octanol–water partition coefficient (Wildman–Crippen LogP) is 1.82. The molecule has 0 unspecified atom stereocenters. The number of aromatic nitrogens is 3. The van der Waals surface area contributed by atoms with Gasteiger partial charge in [0.05, 0.1) is 19.1 Å². The zero-order valence-electron chi connectivity index (χ0n) is 13.8. The first-order valence-electron chi connectivity index (χ1n) is 8.47. The number of aryl methyl sites for hydroxylation is 1. The maximum Gasteiger partial charge on any atom is 0.227 e. The highest BCUT2D eigenvalue weighted by atomic mass is 32.1. The summed E-state index contributed by atoms with van der Waals surface area (Å²) in [7, 11) is 0. The number of carbonyl (C=O) groups excluding carboxylic acids is 1. The lowest BCUT2D eigenvalue weighted by Gasteiger charge is -2.35. The number of piperidine rings is 1. The largest absolute Gasteiger partial charge is 0.377 e. The van der Waals surface area contributed by atoms with Crippen LogP contribution < -0.4 is 0 Å². The van der Waals surface area contributed by atoms with Gasteiger partial charge in [0.15, 0.2) is 5.82 Å². The van der Waals surface area contributed by atoms with Crippen LogP contribution in [-0.2, 0) is 22.4 Å². The van der Waals surface area contributed by atoms with Gasteiger partial charge < -0.3 is 9.64 Å². The van der Waals surface area contributed by atoms with Crippen LogP contribution in [0.1, 0.15) is 23.6 Å². The highest BCUT2D eigenvalue weighted by Gasteiger charge is 2.42. The molecule has 2 fully saturated rings. The van der Waals surface area contributed by atoms with Gasteiger partial charge in [-0.1, -0.05) is 0 Å². The third-order valence-electron chi connectivity index (χ3n) is 5.11. The number of hydrogen-bond donors (Lipinski definition) is 1. The maximum atomic E-state index is 12.5. The summed E-state index contributed by atoms with van der Waals surface area (Å²) >= 11 is 1.64. The molecule has 2 aromatic heterocycles. The number of thiophene rings is 1. The number of rotatable bonds is 4. The first kappa shape index (κ1) is 15.8. The summed E-state index contributed by atoms with van der Waals surface area (Å²) in [6.07, 6.45) is 2.46. The van der Waals surface area contributed by atoms with Gasteiger partial charge >= 0.3 is 0 Å². The number of nitrogens with one attached hydrogen (secondary N) is 1. The molecular weight excluding hydrogens is 324 g/mol. The van der Waals surface area contributed by atoms with Gasteiger partial charge in [0, 0.05) is 25.4 Å². The van der Waals surface area contributed by atoms with E-state index >= 15 is 0 Å². The van der Waals surface area contributed by atoms with E-state index in [4.69, 9.17) is 4.74 Å². The van der Waals surface area contributed by atoms with Gasteiger partial charge in [0.1, 0.15) is 5.82 Å². The van der Waals surface area contributed by atoms with E-state index in [1.54, 1.807) is 11.3 Å². The van der Waals surface area contributed by atoms with Crippen LogP contribution in [-0.4, -0.2) is 51.8 Å². The summed E-state index contributed by atoms with van der Waals surface area (Å²) in [5.41, 5.74) is 1.12. The van der Waals surface area contributed by atoms with Crippen molar-refractivity contribution < 1.29 is 9.53 Å². The number of hydrogen-bond acceptors (Lipinski definition) is 5. The van der Waals surface area contributed by atoms with Crippen LogP contribution in [0.2, 0.25) is 0 Å². The lowest BCUT2D eigenvalue weighted by Crippen LogP contribution is -2.45. The second-order valence-electron chi connectivity index (χ2n) is 6.77. The summed E-state index contributed by atoms with van der Waals surface area (Å²) in [5, 5.41) is 11.2. The monoisotopic (exact) mass is 346 g/mol. The molecular formula is C17H22N4O2S. The molecule has 6 nitrogen and oxygen atoms in total. The lowest BCUT2D eigenvalue weighted by atomic mass is 9.83. The van der Waals surface area contributed by atoms with Gasteiger partial charge in [-0.2, -0.15) is 16.4 Å². The number of carbonyl (C=O) groups is 1. The molecule has 2 saturated heterocycles. The fourth-order valence-corrected chi connectivity index (χ4v) is 4.53. The Bertz CT molecular complexity index is 699. The van der Waals surface area contributed by atoms with E-state index in [-0.39, 0.29) is 12.0 Å². The molecule has 0 aliphatic carbocycles. The van der Waals surface area contributed by atoms with E-state index in [2.05, 4.69) is 20.6 Å². The van der Waals surface area contributed by atoms with Crippen molar-refractivity contribution in [3.8, 4) is 0 Å². The Kier molecular flexibility index (Phi) is 4.37. The van der Waals surface area contributed by atoms with Gasteiger partial charge in [0.2, 0.25) is 5.91 Å².